The van der Waals surface area contributed by atoms with E-state index in [0.29, 0.717) is 0 Å². The van der Waals surface area contributed by atoms with E-state index in [-0.39, 0.29) is 35.5 Å². The van der Waals surface area contributed by atoms with Crippen molar-refractivity contribution in [2.24, 2.45) is 10.4 Å². The van der Waals surface area contributed by atoms with E-state index in [1.807, 2.05) is 0 Å². The number of aromatic nitrogens is 3. The van der Waals surface area contributed by atoms with Gasteiger partial charge in [0.25, 0.3) is 0 Å². The van der Waals surface area contributed by atoms with Crippen LogP contribution >= 0.6 is 24.0 Å². The van der Waals surface area contributed by atoms with Crippen molar-refractivity contribution >= 4 is 29.9 Å². The first kappa shape index (κ1) is 24.1. The highest BCUT2D eigenvalue weighted by Crippen LogP contribution is 2.20. The number of nitrogens with zero attached hydrogens (tertiary/aromatic N) is 4. The average Bonchev–Trinajstić information content (AvgIpc) is 2.82. The minimum atomic E-state index is 0. The van der Waals surface area contributed by atoms with Crippen LogP contribution in [0.3, 0.4) is 0 Å². The maximum absolute atomic E-state index is 5.58. The molecule has 1 atom stereocenters. The van der Waals surface area contributed by atoms with Crippen molar-refractivity contribution in [3.8, 4) is 0 Å². The molecule has 0 amide bonds. The zero-order valence-electron chi connectivity index (χ0n) is 17.5. The van der Waals surface area contributed by atoms with Crippen molar-refractivity contribution in [2.75, 3.05) is 27.2 Å². The molecule has 1 unspecified atom stereocenters. The molecule has 1 aliphatic rings. The standard InChI is InChI=1S/C19H36N6O.HI/c1-19(2,3)15(26-5)14-22-18(20-4)21-12-9-11-17-24-23-16-10-7-6-8-13-25(16)17;/h15H,6-14H2,1-5H3,(H2,20,21,22);1H. The second kappa shape index (κ2) is 11.8. The first-order chi connectivity index (χ1) is 12.5. The van der Waals surface area contributed by atoms with Crippen molar-refractivity contribution in [1.82, 2.24) is 25.4 Å². The Labute approximate surface area is 181 Å². The van der Waals surface area contributed by atoms with Gasteiger partial charge in [-0.1, -0.05) is 27.2 Å². The molecule has 156 valence electrons. The van der Waals surface area contributed by atoms with Gasteiger partial charge in [-0.2, -0.15) is 0 Å². The summed E-state index contributed by atoms with van der Waals surface area (Å²) in [5.41, 5.74) is 0.0894. The Morgan fingerprint density at radius 3 is 2.67 bits per heavy atom. The molecule has 1 aromatic heterocycles. The number of aliphatic imine (C=N–C) groups is 1. The molecule has 2 N–H and O–H groups in total. The van der Waals surface area contributed by atoms with Gasteiger partial charge in [-0.05, 0) is 24.7 Å². The van der Waals surface area contributed by atoms with E-state index in [4.69, 9.17) is 4.74 Å². The molecule has 0 radical (unpaired) electrons. The Balaban J connectivity index is 0.00000364. The third-order valence-electron chi connectivity index (χ3n) is 4.98. The molecular formula is C19H37IN6O. The Morgan fingerprint density at radius 2 is 2.00 bits per heavy atom. The predicted octanol–water partition coefficient (Wildman–Crippen LogP) is 2.78. The second-order valence-corrected chi connectivity index (χ2v) is 8.07. The van der Waals surface area contributed by atoms with E-state index in [1.54, 1.807) is 14.2 Å². The molecule has 2 rings (SSSR count). The summed E-state index contributed by atoms with van der Waals surface area (Å²) in [5.74, 6) is 3.10. The summed E-state index contributed by atoms with van der Waals surface area (Å²) >= 11 is 0. The highest BCUT2D eigenvalue weighted by atomic mass is 127. The Hall–Kier alpha value is -0.900. The topological polar surface area (TPSA) is 76.4 Å². The van der Waals surface area contributed by atoms with E-state index in [1.165, 1.54) is 19.3 Å². The zero-order chi connectivity index (χ0) is 19.0. The first-order valence-electron chi connectivity index (χ1n) is 9.84. The van der Waals surface area contributed by atoms with Gasteiger partial charge in [0.15, 0.2) is 5.96 Å². The minimum Gasteiger partial charge on any atom is -0.379 e. The number of ether oxygens (including phenoxy) is 1. The molecule has 27 heavy (non-hydrogen) atoms. The monoisotopic (exact) mass is 492 g/mol. The summed E-state index contributed by atoms with van der Waals surface area (Å²) in [6.45, 7) is 9.20. The molecule has 0 aromatic carbocycles. The minimum absolute atomic E-state index is 0. The number of hydrogen-bond donors (Lipinski definition) is 2. The van der Waals surface area contributed by atoms with Crippen LogP contribution < -0.4 is 10.6 Å². The van der Waals surface area contributed by atoms with Crippen molar-refractivity contribution < 1.29 is 4.74 Å². The summed E-state index contributed by atoms with van der Waals surface area (Å²) in [6.07, 6.45) is 6.91. The van der Waals surface area contributed by atoms with Crippen LogP contribution in [0.5, 0.6) is 0 Å². The van der Waals surface area contributed by atoms with E-state index < -0.39 is 0 Å². The zero-order valence-corrected chi connectivity index (χ0v) is 19.9. The molecule has 2 heterocycles. The Bertz CT molecular complexity index is 581. The highest BCUT2D eigenvalue weighted by Gasteiger charge is 2.24. The van der Waals surface area contributed by atoms with Gasteiger partial charge in [0.1, 0.15) is 11.6 Å². The summed E-state index contributed by atoms with van der Waals surface area (Å²) in [4.78, 5) is 4.30. The number of nitrogens with one attached hydrogen (secondary N) is 2. The lowest BCUT2D eigenvalue weighted by atomic mass is 9.89. The number of methoxy groups -OCH3 is 1. The molecule has 1 aliphatic heterocycles. The molecule has 0 spiro atoms. The van der Waals surface area contributed by atoms with Crippen molar-refractivity contribution in [1.29, 1.82) is 0 Å². The van der Waals surface area contributed by atoms with Gasteiger partial charge in [-0.3, -0.25) is 4.99 Å². The molecule has 0 saturated carbocycles. The normalized spacial score (nSPS) is 16.1. The number of hydrogen-bond acceptors (Lipinski definition) is 4. The van der Waals surface area contributed by atoms with Gasteiger partial charge in [0.2, 0.25) is 0 Å². The molecule has 0 fully saturated rings. The molecule has 8 heteroatoms. The quantitative estimate of drug-likeness (QED) is 0.265. The summed E-state index contributed by atoms with van der Waals surface area (Å²) in [7, 11) is 3.56. The summed E-state index contributed by atoms with van der Waals surface area (Å²) in [5, 5.41) is 15.5. The SMILES string of the molecule is CN=C(NCCCc1nnc2n1CCCCC2)NCC(OC)C(C)(C)C.I. The fourth-order valence-corrected chi connectivity index (χ4v) is 3.34. The average molecular weight is 492 g/mol. The van der Waals surface area contributed by atoms with Crippen LogP contribution in [0, 0.1) is 5.41 Å². The van der Waals surface area contributed by atoms with Crippen LogP contribution in [-0.2, 0) is 24.1 Å². The summed E-state index contributed by atoms with van der Waals surface area (Å²) in [6, 6.07) is 0. The fourth-order valence-electron chi connectivity index (χ4n) is 3.34. The third-order valence-corrected chi connectivity index (χ3v) is 4.98. The smallest absolute Gasteiger partial charge is 0.191 e. The lowest BCUT2D eigenvalue weighted by Gasteiger charge is -2.30. The van der Waals surface area contributed by atoms with Gasteiger partial charge < -0.3 is 19.9 Å². The largest absolute Gasteiger partial charge is 0.379 e. The van der Waals surface area contributed by atoms with Crippen LogP contribution in [0.2, 0.25) is 0 Å². The Morgan fingerprint density at radius 1 is 1.22 bits per heavy atom. The van der Waals surface area contributed by atoms with Gasteiger partial charge in [-0.25, -0.2) is 0 Å². The van der Waals surface area contributed by atoms with Gasteiger partial charge in [0.05, 0.1) is 6.10 Å². The molecule has 7 nitrogen and oxygen atoms in total. The molecule has 0 saturated heterocycles. The van der Waals surface area contributed by atoms with Crippen molar-refractivity contribution in [2.45, 2.75) is 71.9 Å². The predicted molar refractivity (Wildman–Crippen MR) is 121 cm³/mol. The summed E-state index contributed by atoms with van der Waals surface area (Å²) < 4.78 is 7.91. The Kier molecular flexibility index (Phi) is 10.6. The van der Waals surface area contributed by atoms with Gasteiger partial charge >= 0.3 is 0 Å². The van der Waals surface area contributed by atoms with Crippen LogP contribution in [-0.4, -0.2) is 54.1 Å². The van der Waals surface area contributed by atoms with Crippen LogP contribution in [0.15, 0.2) is 4.99 Å². The number of fused-ring (bicyclic) bond motifs is 1. The van der Waals surface area contributed by atoms with E-state index >= 15 is 0 Å². The van der Waals surface area contributed by atoms with E-state index in [0.717, 1.165) is 56.5 Å². The van der Waals surface area contributed by atoms with Crippen LogP contribution in [0.25, 0.3) is 0 Å². The molecule has 0 aliphatic carbocycles. The maximum Gasteiger partial charge on any atom is 0.191 e. The van der Waals surface area contributed by atoms with E-state index in [9.17, 15) is 0 Å². The van der Waals surface area contributed by atoms with Crippen molar-refractivity contribution in [3.05, 3.63) is 11.6 Å². The highest BCUT2D eigenvalue weighted by molar-refractivity contribution is 14.0. The molecule has 0 bridgehead atoms. The van der Waals surface area contributed by atoms with Crippen LogP contribution in [0.4, 0.5) is 0 Å². The second-order valence-electron chi connectivity index (χ2n) is 8.07. The van der Waals surface area contributed by atoms with Crippen molar-refractivity contribution in [3.63, 3.8) is 0 Å². The number of halogens is 1. The number of aryl methyl sites for hydroxylation is 2. The third kappa shape index (κ3) is 7.56. The maximum atomic E-state index is 5.58. The molecule has 1 aromatic rings. The lowest BCUT2D eigenvalue weighted by molar-refractivity contribution is 0.0205. The van der Waals surface area contributed by atoms with Crippen LogP contribution in [0.1, 0.15) is 58.1 Å². The van der Waals surface area contributed by atoms with E-state index in [2.05, 4.69) is 51.2 Å². The first-order valence-corrected chi connectivity index (χ1v) is 9.84. The number of guanidine groups is 1. The van der Waals surface area contributed by atoms with Gasteiger partial charge in [0, 0.05) is 46.6 Å². The lowest BCUT2D eigenvalue weighted by Crippen LogP contribution is -2.45. The molecular weight excluding hydrogens is 455 g/mol. The fraction of sp³-hybridized carbons (Fsp3) is 0.842. The number of rotatable bonds is 7. The van der Waals surface area contributed by atoms with Gasteiger partial charge in [-0.15, -0.1) is 34.2 Å².